The summed E-state index contributed by atoms with van der Waals surface area (Å²) < 4.78 is 11.5. The van der Waals surface area contributed by atoms with Crippen molar-refractivity contribution in [2.75, 3.05) is 32.9 Å². The van der Waals surface area contributed by atoms with Crippen molar-refractivity contribution in [2.45, 2.75) is 31.8 Å². The van der Waals surface area contributed by atoms with E-state index in [0.717, 1.165) is 39.1 Å². The van der Waals surface area contributed by atoms with Gasteiger partial charge in [-0.15, -0.1) is 0 Å². The van der Waals surface area contributed by atoms with Crippen molar-refractivity contribution in [1.82, 2.24) is 4.90 Å². The van der Waals surface area contributed by atoms with E-state index in [0.29, 0.717) is 29.6 Å². The molecule has 3 rings (SSSR count). The van der Waals surface area contributed by atoms with Crippen molar-refractivity contribution in [3.05, 3.63) is 34.9 Å². The Bertz CT molecular complexity index is 540. The van der Waals surface area contributed by atoms with Crippen LogP contribution in [0.4, 0.5) is 0 Å². The molecule has 0 saturated carbocycles. The first-order chi connectivity index (χ1) is 11.1. The molecule has 1 amide bonds. The van der Waals surface area contributed by atoms with Crippen LogP contribution in [-0.4, -0.2) is 49.3 Å². The van der Waals surface area contributed by atoms with Gasteiger partial charge in [-0.1, -0.05) is 11.6 Å². The van der Waals surface area contributed by atoms with Gasteiger partial charge < -0.3 is 14.4 Å². The summed E-state index contributed by atoms with van der Waals surface area (Å²) in [5.74, 6) is 0.704. The van der Waals surface area contributed by atoms with Gasteiger partial charge in [-0.25, -0.2) is 0 Å². The van der Waals surface area contributed by atoms with Crippen LogP contribution in [0.3, 0.4) is 0 Å². The SMILES string of the molecule is CCOCC[C@H]1CCOC2(C1)CN(C(=O)c1ccc(Cl)cc1)C2. The number of amides is 1. The van der Waals surface area contributed by atoms with E-state index < -0.39 is 0 Å². The van der Waals surface area contributed by atoms with Gasteiger partial charge in [-0.3, -0.25) is 4.79 Å². The van der Waals surface area contributed by atoms with Gasteiger partial charge >= 0.3 is 0 Å². The molecular weight excluding hydrogens is 314 g/mol. The second kappa shape index (κ2) is 7.20. The molecule has 0 aliphatic carbocycles. The fourth-order valence-corrected chi connectivity index (χ4v) is 3.68. The van der Waals surface area contributed by atoms with Crippen molar-refractivity contribution in [2.24, 2.45) is 5.92 Å². The topological polar surface area (TPSA) is 38.8 Å². The zero-order chi connectivity index (χ0) is 16.3. The Hall–Kier alpha value is -1.10. The number of carbonyl (C=O) groups is 1. The molecule has 2 aliphatic rings. The molecule has 0 radical (unpaired) electrons. The van der Waals surface area contributed by atoms with Crippen LogP contribution in [0.5, 0.6) is 0 Å². The lowest BCUT2D eigenvalue weighted by Gasteiger charge is -2.53. The number of carbonyl (C=O) groups excluding carboxylic acids is 1. The van der Waals surface area contributed by atoms with Crippen LogP contribution in [0.25, 0.3) is 0 Å². The Morgan fingerprint density at radius 3 is 2.83 bits per heavy atom. The number of nitrogens with zero attached hydrogens (tertiary/aromatic N) is 1. The monoisotopic (exact) mass is 337 g/mol. The molecule has 2 saturated heterocycles. The second-order valence-electron chi connectivity index (χ2n) is 6.54. The molecule has 0 bridgehead atoms. The van der Waals surface area contributed by atoms with E-state index in [9.17, 15) is 4.79 Å². The van der Waals surface area contributed by atoms with Crippen molar-refractivity contribution in [3.8, 4) is 0 Å². The van der Waals surface area contributed by atoms with Gasteiger partial charge in [-0.05, 0) is 56.4 Å². The highest BCUT2D eigenvalue weighted by Gasteiger charge is 2.49. The molecule has 2 heterocycles. The summed E-state index contributed by atoms with van der Waals surface area (Å²) in [6, 6.07) is 7.07. The van der Waals surface area contributed by atoms with Gasteiger partial charge in [0.25, 0.3) is 5.91 Å². The van der Waals surface area contributed by atoms with Crippen molar-refractivity contribution in [3.63, 3.8) is 0 Å². The van der Waals surface area contributed by atoms with Gasteiger partial charge in [0.05, 0.1) is 13.1 Å². The largest absolute Gasteiger partial charge is 0.382 e. The number of benzene rings is 1. The molecule has 0 aromatic heterocycles. The van der Waals surface area contributed by atoms with Crippen LogP contribution in [0.2, 0.25) is 5.02 Å². The number of ether oxygens (including phenoxy) is 2. The maximum Gasteiger partial charge on any atom is 0.254 e. The molecule has 126 valence electrons. The number of rotatable bonds is 5. The molecule has 1 atom stereocenters. The first-order valence-corrected chi connectivity index (χ1v) is 8.76. The molecule has 1 spiro atoms. The highest BCUT2D eigenvalue weighted by Crippen LogP contribution is 2.38. The fourth-order valence-electron chi connectivity index (χ4n) is 3.56. The van der Waals surface area contributed by atoms with Crippen LogP contribution >= 0.6 is 11.6 Å². The third kappa shape index (κ3) is 3.87. The van der Waals surface area contributed by atoms with E-state index in [4.69, 9.17) is 21.1 Å². The van der Waals surface area contributed by atoms with Gasteiger partial charge in [0, 0.05) is 30.4 Å². The fraction of sp³-hybridized carbons (Fsp3) is 0.611. The molecule has 1 aromatic carbocycles. The Labute approximate surface area is 142 Å². The summed E-state index contributed by atoms with van der Waals surface area (Å²) >= 11 is 5.87. The van der Waals surface area contributed by atoms with Gasteiger partial charge in [0.2, 0.25) is 0 Å². The Kier molecular flexibility index (Phi) is 5.24. The summed E-state index contributed by atoms with van der Waals surface area (Å²) in [6.45, 7) is 5.80. The average molecular weight is 338 g/mol. The third-order valence-electron chi connectivity index (χ3n) is 4.81. The lowest BCUT2D eigenvalue weighted by Crippen LogP contribution is -2.66. The maximum absolute atomic E-state index is 12.5. The molecule has 23 heavy (non-hydrogen) atoms. The Balaban J connectivity index is 1.52. The quantitative estimate of drug-likeness (QED) is 0.773. The Morgan fingerprint density at radius 1 is 1.39 bits per heavy atom. The smallest absolute Gasteiger partial charge is 0.254 e. The lowest BCUT2D eigenvalue weighted by molar-refractivity contribution is -0.167. The van der Waals surface area contributed by atoms with Crippen LogP contribution in [0, 0.1) is 5.92 Å². The molecule has 2 aliphatic heterocycles. The molecule has 0 N–H and O–H groups in total. The minimum Gasteiger partial charge on any atom is -0.382 e. The van der Waals surface area contributed by atoms with Crippen LogP contribution in [0.1, 0.15) is 36.5 Å². The predicted molar refractivity (Wildman–Crippen MR) is 89.9 cm³/mol. The first-order valence-electron chi connectivity index (χ1n) is 8.38. The van der Waals surface area contributed by atoms with Crippen LogP contribution in [-0.2, 0) is 9.47 Å². The Morgan fingerprint density at radius 2 is 2.13 bits per heavy atom. The zero-order valence-corrected chi connectivity index (χ0v) is 14.3. The van der Waals surface area contributed by atoms with E-state index in [-0.39, 0.29) is 11.5 Å². The standard InChI is InChI=1S/C18H24ClNO3/c1-2-22-9-7-14-8-10-23-18(11-14)12-20(13-18)17(21)15-3-5-16(19)6-4-15/h3-6,14H,2,7-13H2,1H3/t14-/m0/s1. The number of hydrogen-bond donors (Lipinski definition) is 0. The van der Waals surface area contributed by atoms with E-state index in [1.165, 1.54) is 0 Å². The van der Waals surface area contributed by atoms with Crippen molar-refractivity contribution < 1.29 is 14.3 Å². The van der Waals surface area contributed by atoms with Gasteiger partial charge in [-0.2, -0.15) is 0 Å². The second-order valence-corrected chi connectivity index (χ2v) is 6.98. The number of likely N-dealkylation sites (tertiary alicyclic amines) is 1. The summed E-state index contributed by atoms with van der Waals surface area (Å²) in [7, 11) is 0. The molecule has 4 nitrogen and oxygen atoms in total. The van der Waals surface area contributed by atoms with Crippen LogP contribution < -0.4 is 0 Å². The predicted octanol–water partition coefficient (Wildman–Crippen LogP) is 3.39. The number of hydrogen-bond acceptors (Lipinski definition) is 3. The molecular formula is C18H24ClNO3. The lowest BCUT2D eigenvalue weighted by atomic mass is 9.79. The minimum atomic E-state index is -0.128. The highest BCUT2D eigenvalue weighted by atomic mass is 35.5. The van der Waals surface area contributed by atoms with Crippen molar-refractivity contribution >= 4 is 17.5 Å². The minimum absolute atomic E-state index is 0.0623. The molecule has 1 aromatic rings. The van der Waals surface area contributed by atoms with E-state index in [2.05, 4.69) is 0 Å². The van der Waals surface area contributed by atoms with Crippen LogP contribution in [0.15, 0.2) is 24.3 Å². The zero-order valence-electron chi connectivity index (χ0n) is 13.6. The summed E-state index contributed by atoms with van der Waals surface area (Å²) in [4.78, 5) is 14.3. The highest BCUT2D eigenvalue weighted by molar-refractivity contribution is 6.30. The molecule has 0 unspecified atom stereocenters. The first kappa shape index (κ1) is 16.7. The summed E-state index contributed by atoms with van der Waals surface area (Å²) in [5.41, 5.74) is 0.560. The normalized spacial score (nSPS) is 22.9. The third-order valence-corrected chi connectivity index (χ3v) is 5.06. The van der Waals surface area contributed by atoms with E-state index >= 15 is 0 Å². The summed E-state index contributed by atoms with van der Waals surface area (Å²) in [5, 5.41) is 0.648. The van der Waals surface area contributed by atoms with Gasteiger partial charge in [0.1, 0.15) is 5.60 Å². The number of halogens is 1. The molecule has 2 fully saturated rings. The van der Waals surface area contributed by atoms with Crippen molar-refractivity contribution in [1.29, 1.82) is 0 Å². The maximum atomic E-state index is 12.5. The van der Waals surface area contributed by atoms with Gasteiger partial charge in [0.15, 0.2) is 0 Å². The summed E-state index contributed by atoms with van der Waals surface area (Å²) in [6.07, 6.45) is 3.22. The van der Waals surface area contributed by atoms with E-state index in [1.54, 1.807) is 24.3 Å². The molecule has 5 heteroatoms. The average Bonchev–Trinajstić information content (AvgIpc) is 2.53. The van der Waals surface area contributed by atoms with E-state index in [1.807, 2.05) is 11.8 Å².